The monoisotopic (exact) mass is 440 g/mol. The quantitative estimate of drug-likeness (QED) is 0.763. The molecule has 0 unspecified atom stereocenters. The van der Waals surface area contributed by atoms with Gasteiger partial charge in [-0.1, -0.05) is 29.8 Å². The standard InChI is InChI=1S/C22H25ClN6O2/c23-20-18(14-25-29(21(20)31)17-6-2-1-3-7-17)28-12-10-27(11-13-28)15-19(30)26-22(16-24)8-4-5-9-22/h1-3,6-7,14H,4-5,8-13,15H2,(H,26,30). The molecule has 4 rings (SSSR count). The number of para-hydroxylation sites is 1. The third-order valence-corrected chi connectivity index (χ3v) is 6.39. The second-order valence-corrected chi connectivity index (χ2v) is 8.49. The molecule has 1 aliphatic carbocycles. The molecule has 0 radical (unpaired) electrons. The maximum absolute atomic E-state index is 12.7. The SMILES string of the molecule is N#CC1(NC(=O)CN2CCN(c3cnn(-c4ccccc4)c(=O)c3Cl)CC2)CCCC1. The zero-order chi connectivity index (χ0) is 21.8. The number of benzene rings is 1. The lowest BCUT2D eigenvalue weighted by atomic mass is 10.00. The van der Waals surface area contributed by atoms with Gasteiger partial charge in [-0.2, -0.15) is 15.0 Å². The Morgan fingerprint density at radius 1 is 1.16 bits per heavy atom. The third-order valence-electron chi connectivity index (χ3n) is 6.03. The van der Waals surface area contributed by atoms with Crippen molar-refractivity contribution in [2.24, 2.45) is 0 Å². The average Bonchev–Trinajstić information content (AvgIpc) is 3.25. The fourth-order valence-corrected chi connectivity index (χ4v) is 4.55. The van der Waals surface area contributed by atoms with Crippen LogP contribution >= 0.6 is 11.6 Å². The predicted octanol–water partition coefficient (Wildman–Crippen LogP) is 1.96. The smallest absolute Gasteiger partial charge is 0.292 e. The second-order valence-electron chi connectivity index (χ2n) is 8.11. The number of hydrogen-bond acceptors (Lipinski definition) is 6. The third kappa shape index (κ3) is 4.58. The van der Waals surface area contributed by atoms with Crippen LogP contribution in [0.3, 0.4) is 0 Å². The van der Waals surface area contributed by atoms with Gasteiger partial charge in [0.05, 0.1) is 30.2 Å². The summed E-state index contributed by atoms with van der Waals surface area (Å²) in [5, 5.41) is 16.8. The maximum atomic E-state index is 12.7. The largest absolute Gasteiger partial charge is 0.366 e. The van der Waals surface area contributed by atoms with Gasteiger partial charge in [-0.05, 0) is 37.8 Å². The molecular formula is C22H25ClN6O2. The fraction of sp³-hybridized carbons (Fsp3) is 0.455. The molecule has 162 valence electrons. The number of piperazine rings is 1. The van der Waals surface area contributed by atoms with E-state index < -0.39 is 5.54 Å². The minimum atomic E-state index is -0.694. The zero-order valence-corrected chi connectivity index (χ0v) is 18.0. The Hall–Kier alpha value is -2.89. The maximum Gasteiger partial charge on any atom is 0.292 e. The van der Waals surface area contributed by atoms with E-state index in [1.165, 1.54) is 4.68 Å². The number of carbonyl (C=O) groups excluding carboxylic acids is 1. The first-order valence-corrected chi connectivity index (χ1v) is 10.9. The van der Waals surface area contributed by atoms with Crippen LogP contribution in [0.5, 0.6) is 0 Å². The van der Waals surface area contributed by atoms with E-state index in [0.717, 1.165) is 25.7 Å². The highest BCUT2D eigenvalue weighted by molar-refractivity contribution is 6.33. The van der Waals surface area contributed by atoms with E-state index in [2.05, 4.69) is 21.4 Å². The normalized spacial score (nSPS) is 18.5. The van der Waals surface area contributed by atoms with Gasteiger partial charge in [-0.3, -0.25) is 14.5 Å². The van der Waals surface area contributed by atoms with E-state index >= 15 is 0 Å². The molecule has 2 heterocycles. The van der Waals surface area contributed by atoms with Crippen LogP contribution in [0.2, 0.25) is 5.02 Å². The van der Waals surface area contributed by atoms with Crippen LogP contribution in [0.1, 0.15) is 25.7 Å². The molecule has 31 heavy (non-hydrogen) atoms. The average molecular weight is 441 g/mol. The minimum absolute atomic E-state index is 0.109. The van der Waals surface area contributed by atoms with Crippen LogP contribution in [0.25, 0.3) is 5.69 Å². The zero-order valence-electron chi connectivity index (χ0n) is 17.3. The molecule has 2 aliphatic rings. The highest BCUT2D eigenvalue weighted by Gasteiger charge is 2.35. The molecule has 2 aromatic rings. The minimum Gasteiger partial charge on any atom is -0.366 e. The van der Waals surface area contributed by atoms with Crippen molar-refractivity contribution in [3.63, 3.8) is 0 Å². The number of aromatic nitrogens is 2. The molecule has 1 saturated heterocycles. The molecule has 0 atom stereocenters. The summed E-state index contributed by atoms with van der Waals surface area (Å²) in [6, 6.07) is 11.4. The van der Waals surface area contributed by atoms with Gasteiger partial charge >= 0.3 is 0 Å². The number of rotatable bonds is 5. The summed E-state index contributed by atoms with van der Waals surface area (Å²) in [7, 11) is 0. The Bertz CT molecular complexity index is 1030. The van der Waals surface area contributed by atoms with Crippen LogP contribution < -0.4 is 15.8 Å². The van der Waals surface area contributed by atoms with E-state index in [1.54, 1.807) is 18.3 Å². The number of nitrogens with zero attached hydrogens (tertiary/aromatic N) is 5. The van der Waals surface area contributed by atoms with E-state index in [9.17, 15) is 14.9 Å². The van der Waals surface area contributed by atoms with Crippen LogP contribution in [0.4, 0.5) is 5.69 Å². The van der Waals surface area contributed by atoms with Crippen LogP contribution in [0.15, 0.2) is 41.3 Å². The van der Waals surface area contributed by atoms with E-state index in [0.29, 0.717) is 37.6 Å². The van der Waals surface area contributed by atoms with Gasteiger partial charge in [0.15, 0.2) is 0 Å². The lowest BCUT2D eigenvalue weighted by molar-refractivity contribution is -0.123. The summed E-state index contributed by atoms with van der Waals surface area (Å²) < 4.78 is 1.29. The van der Waals surface area contributed by atoms with Gasteiger partial charge in [-0.15, -0.1) is 0 Å². The van der Waals surface area contributed by atoms with Gasteiger partial charge in [-0.25, -0.2) is 0 Å². The first-order valence-electron chi connectivity index (χ1n) is 10.5. The first kappa shape index (κ1) is 21.3. The molecule has 8 nitrogen and oxygen atoms in total. The lowest BCUT2D eigenvalue weighted by Gasteiger charge is -2.36. The van der Waals surface area contributed by atoms with Crippen LogP contribution in [-0.4, -0.2) is 58.9 Å². The molecule has 1 N–H and O–H groups in total. The molecule has 1 amide bonds. The van der Waals surface area contributed by atoms with Crippen molar-refractivity contribution in [2.75, 3.05) is 37.6 Å². The number of nitrogens with one attached hydrogen (secondary N) is 1. The molecule has 0 bridgehead atoms. The molecule has 1 aromatic heterocycles. The van der Waals surface area contributed by atoms with Crippen molar-refractivity contribution in [1.82, 2.24) is 20.0 Å². The summed E-state index contributed by atoms with van der Waals surface area (Å²) in [6.45, 7) is 2.84. The Morgan fingerprint density at radius 2 is 1.84 bits per heavy atom. The van der Waals surface area contributed by atoms with Crippen molar-refractivity contribution in [3.05, 3.63) is 51.9 Å². The topological polar surface area (TPSA) is 94.3 Å². The number of hydrogen-bond donors (Lipinski definition) is 1. The Kier molecular flexibility index (Phi) is 6.25. The van der Waals surface area contributed by atoms with E-state index in [4.69, 9.17) is 11.6 Å². The highest BCUT2D eigenvalue weighted by Crippen LogP contribution is 2.29. The molecule has 0 spiro atoms. The Balaban J connectivity index is 1.37. The predicted molar refractivity (Wildman–Crippen MR) is 118 cm³/mol. The Labute approximate surface area is 186 Å². The summed E-state index contributed by atoms with van der Waals surface area (Å²) >= 11 is 6.41. The summed E-state index contributed by atoms with van der Waals surface area (Å²) in [6.07, 6.45) is 5.02. The number of amides is 1. The first-order chi connectivity index (χ1) is 15.0. The summed E-state index contributed by atoms with van der Waals surface area (Å²) in [4.78, 5) is 29.3. The van der Waals surface area contributed by atoms with Crippen molar-refractivity contribution in [1.29, 1.82) is 5.26 Å². The highest BCUT2D eigenvalue weighted by atomic mass is 35.5. The summed E-state index contributed by atoms with van der Waals surface area (Å²) in [5.74, 6) is -0.109. The molecular weight excluding hydrogens is 416 g/mol. The molecule has 1 aliphatic heterocycles. The fourth-order valence-electron chi connectivity index (χ4n) is 4.30. The van der Waals surface area contributed by atoms with Crippen LogP contribution in [-0.2, 0) is 4.79 Å². The summed E-state index contributed by atoms with van der Waals surface area (Å²) in [5.41, 5.74) is 0.220. The van der Waals surface area contributed by atoms with Gasteiger partial charge in [0, 0.05) is 26.2 Å². The van der Waals surface area contributed by atoms with E-state index in [-0.39, 0.29) is 23.0 Å². The van der Waals surface area contributed by atoms with Gasteiger partial charge < -0.3 is 10.2 Å². The molecule has 2 fully saturated rings. The lowest BCUT2D eigenvalue weighted by Crippen LogP contribution is -2.53. The Morgan fingerprint density at radius 3 is 2.48 bits per heavy atom. The van der Waals surface area contributed by atoms with Crippen LogP contribution in [0, 0.1) is 11.3 Å². The van der Waals surface area contributed by atoms with Crippen molar-refractivity contribution < 1.29 is 4.79 Å². The van der Waals surface area contributed by atoms with Gasteiger partial charge in [0.1, 0.15) is 10.6 Å². The second kappa shape index (κ2) is 9.08. The molecule has 1 saturated carbocycles. The molecule has 1 aromatic carbocycles. The van der Waals surface area contributed by atoms with Gasteiger partial charge in [0.2, 0.25) is 5.91 Å². The number of halogens is 1. The van der Waals surface area contributed by atoms with Gasteiger partial charge in [0.25, 0.3) is 5.56 Å². The number of nitriles is 1. The van der Waals surface area contributed by atoms with Crippen molar-refractivity contribution in [3.8, 4) is 11.8 Å². The van der Waals surface area contributed by atoms with Crippen molar-refractivity contribution >= 4 is 23.2 Å². The number of anilines is 1. The number of carbonyl (C=O) groups is 1. The van der Waals surface area contributed by atoms with Crippen molar-refractivity contribution in [2.45, 2.75) is 31.2 Å². The molecule has 9 heteroatoms. The van der Waals surface area contributed by atoms with E-state index in [1.807, 2.05) is 23.1 Å².